The lowest BCUT2D eigenvalue weighted by atomic mass is 9.80. The molecule has 0 spiro atoms. The van der Waals surface area contributed by atoms with E-state index in [0.717, 1.165) is 104 Å². The van der Waals surface area contributed by atoms with Crippen molar-refractivity contribution < 1.29 is 0 Å². The van der Waals surface area contributed by atoms with Gasteiger partial charge in [-0.3, -0.25) is 0 Å². The van der Waals surface area contributed by atoms with Crippen molar-refractivity contribution in [3.8, 4) is 12.1 Å². The molecule has 94 heavy (non-hydrogen) atoms. The average molecular weight is 1240 g/mol. The summed E-state index contributed by atoms with van der Waals surface area (Å²) < 4.78 is 9.80. The summed E-state index contributed by atoms with van der Waals surface area (Å²) in [6.07, 6.45) is 0.0528. The number of hydrogen-bond donors (Lipinski definition) is 0. The predicted molar refractivity (Wildman–Crippen MR) is 404 cm³/mol. The molecular weight excluding hydrogens is 1140 g/mol. The van der Waals surface area contributed by atoms with E-state index in [0.29, 0.717) is 5.57 Å². The van der Waals surface area contributed by atoms with Gasteiger partial charge >= 0.3 is 0 Å². The molecule has 12 aromatic rings. The zero-order valence-corrected chi connectivity index (χ0v) is 60.7. The fraction of sp³-hybridized carbons (Fsp3) is 0.386. The second-order valence-corrected chi connectivity index (χ2v) is 36.0. The number of allylic oxidation sites excluding steroid dienone is 4. The Balaban J connectivity index is 1.37. The number of benzene rings is 8. The van der Waals surface area contributed by atoms with Crippen LogP contribution in [0.3, 0.4) is 0 Å². The largest absolute Gasteiger partial charge is 0.316 e. The Bertz CT molecular complexity index is 5080. The first-order valence-corrected chi connectivity index (χ1v) is 34.2. The highest BCUT2D eigenvalue weighted by Gasteiger charge is 2.50. The highest BCUT2D eigenvalue weighted by molar-refractivity contribution is 6.23. The molecule has 0 fully saturated rings. The van der Waals surface area contributed by atoms with E-state index < -0.39 is 5.54 Å². The number of hydrogen-bond acceptors (Lipinski definition) is 2. The van der Waals surface area contributed by atoms with E-state index >= 15 is 0 Å². The Kier molecular flexibility index (Phi) is 14.1. The first-order valence-electron chi connectivity index (χ1n) is 34.2. The van der Waals surface area contributed by atoms with Crippen LogP contribution in [0.2, 0.25) is 0 Å². The maximum Gasteiger partial charge on any atom is 0.180 e. The molecule has 480 valence electrons. The summed E-state index contributed by atoms with van der Waals surface area (Å²) in [5.74, 6) is 0. The maximum atomic E-state index is 13.7. The van der Waals surface area contributed by atoms with Gasteiger partial charge in [0.25, 0.3) is 0 Å². The van der Waals surface area contributed by atoms with Crippen LogP contribution in [-0.2, 0) is 48.9 Å². The maximum absolute atomic E-state index is 13.7. The number of fused-ring (bicyclic) bond motifs is 12. The second-order valence-electron chi connectivity index (χ2n) is 36.0. The third-order valence-corrected chi connectivity index (χ3v) is 20.9. The van der Waals surface area contributed by atoms with Crippen LogP contribution >= 0.6 is 0 Å². The van der Waals surface area contributed by atoms with Crippen molar-refractivity contribution in [2.45, 2.75) is 221 Å². The Hall–Kier alpha value is -8.58. The summed E-state index contributed by atoms with van der Waals surface area (Å²) in [6.45, 7) is 55.1. The van der Waals surface area contributed by atoms with E-state index in [9.17, 15) is 10.5 Å². The van der Waals surface area contributed by atoms with Crippen molar-refractivity contribution in [1.82, 2.24) is 18.3 Å². The van der Waals surface area contributed by atoms with Crippen LogP contribution in [0.1, 0.15) is 217 Å². The van der Waals surface area contributed by atoms with Crippen molar-refractivity contribution in [1.29, 1.82) is 10.5 Å². The molecule has 1 aliphatic rings. The fourth-order valence-electron chi connectivity index (χ4n) is 15.0. The van der Waals surface area contributed by atoms with Gasteiger partial charge in [-0.15, -0.1) is 0 Å². The van der Waals surface area contributed by atoms with Crippen LogP contribution in [0.25, 0.3) is 104 Å². The van der Waals surface area contributed by atoms with E-state index in [1.54, 1.807) is 0 Å². The standard InChI is InChI=1S/C88H98N6/c1-80(2,3)53-25-33-69-61(41-53)62-42-54(81(4,5)6)26-34-70(62)91(69)77-52(50-89)49-88(51-90,94-75-39-31-59(86(19,20)21)47-67(75)68-48-60(87(22,23)24)32-40-76(68)94)79(93-73-37-29-57(84(13,14)15)45-65(73)66-46-58(85(16,17)18)30-38-74(66)93)78(77)92-71-35-27-55(82(7,8)9)43-63(71)64-44-56(83(10,11)12)28-36-72(64)92/h25-48H,49H2,1-24H3. The van der Waals surface area contributed by atoms with Crippen LogP contribution < -0.4 is 0 Å². The third-order valence-electron chi connectivity index (χ3n) is 20.9. The zero-order valence-electron chi connectivity index (χ0n) is 60.7. The zero-order chi connectivity index (χ0) is 68.1. The Morgan fingerprint density at radius 1 is 0.277 bits per heavy atom. The molecule has 4 aromatic heterocycles. The van der Waals surface area contributed by atoms with Crippen LogP contribution in [-0.4, -0.2) is 18.3 Å². The molecule has 0 amide bonds. The quantitative estimate of drug-likeness (QED) is 0.176. The van der Waals surface area contributed by atoms with Gasteiger partial charge < -0.3 is 18.3 Å². The number of nitrogens with zero attached hydrogens (tertiary/aromatic N) is 6. The van der Waals surface area contributed by atoms with Crippen molar-refractivity contribution in [3.05, 3.63) is 196 Å². The normalized spacial score (nSPS) is 16.2. The lowest BCUT2D eigenvalue weighted by molar-refractivity contribution is 0.505. The molecule has 8 aromatic carbocycles. The summed E-state index contributed by atoms with van der Waals surface area (Å²) in [5, 5.41) is 35.5. The lowest BCUT2D eigenvalue weighted by Crippen LogP contribution is -2.40. The molecule has 4 heterocycles. The fourth-order valence-corrected chi connectivity index (χ4v) is 15.0. The van der Waals surface area contributed by atoms with Gasteiger partial charge in [0.05, 0.1) is 78.9 Å². The van der Waals surface area contributed by atoms with E-state index in [-0.39, 0.29) is 49.7 Å². The van der Waals surface area contributed by atoms with Gasteiger partial charge in [-0.05, 0) is 185 Å². The van der Waals surface area contributed by atoms with Crippen LogP contribution in [0.5, 0.6) is 0 Å². The second kappa shape index (κ2) is 20.7. The van der Waals surface area contributed by atoms with Gasteiger partial charge in [-0.1, -0.05) is 215 Å². The minimum atomic E-state index is -1.63. The molecule has 0 saturated heterocycles. The third kappa shape index (κ3) is 10.1. The molecule has 6 nitrogen and oxygen atoms in total. The van der Waals surface area contributed by atoms with Gasteiger partial charge in [0.1, 0.15) is 0 Å². The smallest absolute Gasteiger partial charge is 0.180 e. The van der Waals surface area contributed by atoms with E-state index in [2.05, 4.69) is 342 Å². The minimum absolute atomic E-state index is 0.0528. The Morgan fingerprint density at radius 3 is 0.691 bits per heavy atom. The van der Waals surface area contributed by atoms with Gasteiger partial charge in [0.15, 0.2) is 5.54 Å². The topological polar surface area (TPSA) is 67.3 Å². The minimum Gasteiger partial charge on any atom is -0.316 e. The highest BCUT2D eigenvalue weighted by Crippen LogP contribution is 2.57. The van der Waals surface area contributed by atoms with E-state index in [4.69, 9.17) is 0 Å². The Morgan fingerprint density at radius 2 is 0.479 bits per heavy atom. The molecule has 1 aliphatic carbocycles. The summed E-state index contributed by atoms with van der Waals surface area (Å²) in [4.78, 5) is 0. The van der Waals surface area contributed by atoms with Crippen LogP contribution in [0.15, 0.2) is 151 Å². The van der Waals surface area contributed by atoms with E-state index in [1.807, 2.05) is 0 Å². The van der Waals surface area contributed by atoms with Crippen LogP contribution in [0, 0.1) is 22.7 Å². The predicted octanol–water partition coefficient (Wildman–Crippen LogP) is 24.1. The van der Waals surface area contributed by atoms with Crippen LogP contribution in [0.4, 0.5) is 0 Å². The summed E-state index contributed by atoms with van der Waals surface area (Å²) in [6, 6.07) is 62.5. The summed E-state index contributed by atoms with van der Waals surface area (Å²) in [7, 11) is 0. The molecule has 13 rings (SSSR count). The van der Waals surface area contributed by atoms with Gasteiger partial charge in [-0.2, -0.15) is 10.5 Å². The summed E-state index contributed by atoms with van der Waals surface area (Å²) in [5.41, 5.74) is 17.5. The average Bonchev–Trinajstić information content (AvgIpc) is 1.46. The summed E-state index contributed by atoms with van der Waals surface area (Å²) >= 11 is 0. The van der Waals surface area contributed by atoms with Crippen molar-refractivity contribution in [2.24, 2.45) is 0 Å². The molecule has 0 radical (unpaired) electrons. The van der Waals surface area contributed by atoms with E-state index in [1.165, 1.54) is 44.5 Å². The molecule has 0 N–H and O–H groups in total. The molecular formula is C88H98N6. The van der Waals surface area contributed by atoms with Crippen molar-refractivity contribution >= 4 is 104 Å². The lowest BCUT2D eigenvalue weighted by Gasteiger charge is -2.40. The molecule has 1 unspecified atom stereocenters. The molecule has 0 aliphatic heterocycles. The SMILES string of the molecule is CC(C)(C)c1ccc2c(c1)c1cc(C(C)(C)C)ccc1n2C1=C(C#N)CC(C#N)(n2c3ccc(C(C)(C)C)cc3c3cc(C(C)(C)C)ccc32)C(n2c3ccc(C(C)(C)C)cc3c3cc(C(C)(C)C)ccc32)=C1n1c2ccc(C(C)(C)C)cc2c2cc(C(C)(C)C)ccc21. The molecule has 0 saturated carbocycles. The molecule has 1 atom stereocenters. The monoisotopic (exact) mass is 1240 g/mol. The van der Waals surface area contributed by atoms with Gasteiger partial charge in [0, 0.05) is 49.5 Å². The highest BCUT2D eigenvalue weighted by atomic mass is 15.2. The first-order chi connectivity index (χ1) is 43.6. The van der Waals surface area contributed by atoms with Crippen molar-refractivity contribution in [3.63, 3.8) is 0 Å². The number of nitriles is 2. The number of rotatable bonds is 4. The first kappa shape index (κ1) is 64.1. The van der Waals surface area contributed by atoms with Gasteiger partial charge in [-0.25, -0.2) is 0 Å². The van der Waals surface area contributed by atoms with Gasteiger partial charge in [0.2, 0.25) is 0 Å². The molecule has 0 bridgehead atoms. The number of aromatic nitrogens is 4. The van der Waals surface area contributed by atoms with Crippen molar-refractivity contribution in [2.75, 3.05) is 0 Å². The molecule has 6 heteroatoms. The Labute approximate surface area is 559 Å².